The molecule has 9 heteroatoms. The van der Waals surface area contributed by atoms with Gasteiger partial charge in [0.1, 0.15) is 23.1 Å². The van der Waals surface area contributed by atoms with Gasteiger partial charge in [-0.15, -0.1) is 11.3 Å². The zero-order chi connectivity index (χ0) is 30.8. The minimum atomic E-state index is -0.472. The van der Waals surface area contributed by atoms with Gasteiger partial charge in [0.25, 0.3) is 11.8 Å². The number of aromatic nitrogens is 1. The number of pyridine rings is 1. The molecule has 0 bridgehead atoms. The molecule has 222 valence electrons. The first kappa shape index (κ1) is 29.1. The molecule has 3 heterocycles. The maximum absolute atomic E-state index is 14.4. The SMILES string of the molecule is COc1ccc(CN(C)c2cccc(C(=O)N3CCc4cc(C(=O)Nc5c(C)cccc5F)sc4-c4ccccc43)n2)cc1. The van der Waals surface area contributed by atoms with Crippen LogP contribution in [0, 0.1) is 12.7 Å². The van der Waals surface area contributed by atoms with Gasteiger partial charge in [0.2, 0.25) is 0 Å². The number of hydrogen-bond donors (Lipinski definition) is 1. The van der Waals surface area contributed by atoms with Gasteiger partial charge in [0.15, 0.2) is 0 Å². The molecule has 3 aromatic carbocycles. The highest BCUT2D eigenvalue weighted by atomic mass is 32.1. The summed E-state index contributed by atoms with van der Waals surface area (Å²) in [5.41, 5.74) is 4.87. The average molecular weight is 607 g/mol. The van der Waals surface area contributed by atoms with Crippen LogP contribution in [-0.4, -0.2) is 37.5 Å². The summed E-state index contributed by atoms with van der Waals surface area (Å²) in [5, 5.41) is 2.74. The summed E-state index contributed by atoms with van der Waals surface area (Å²) in [5.74, 6) is 0.461. The summed E-state index contributed by atoms with van der Waals surface area (Å²) < 4.78 is 19.7. The van der Waals surface area contributed by atoms with Crippen LogP contribution in [-0.2, 0) is 13.0 Å². The second-order valence-corrected chi connectivity index (χ2v) is 11.7. The number of methoxy groups -OCH3 is 1. The fourth-order valence-corrected chi connectivity index (χ4v) is 6.50. The molecular formula is C35H31FN4O3S. The van der Waals surface area contributed by atoms with Crippen LogP contribution >= 0.6 is 11.3 Å². The third kappa shape index (κ3) is 5.78. The topological polar surface area (TPSA) is 74.8 Å². The minimum Gasteiger partial charge on any atom is -0.497 e. The predicted octanol–water partition coefficient (Wildman–Crippen LogP) is 7.36. The Hall–Kier alpha value is -5.02. The number of halogens is 1. The van der Waals surface area contributed by atoms with Crippen molar-refractivity contribution in [3.63, 3.8) is 0 Å². The van der Waals surface area contributed by atoms with Gasteiger partial charge in [-0.2, -0.15) is 0 Å². The summed E-state index contributed by atoms with van der Waals surface area (Å²) in [6.07, 6.45) is 0.551. The Labute approximate surface area is 259 Å². The highest BCUT2D eigenvalue weighted by molar-refractivity contribution is 7.17. The number of carbonyl (C=O) groups is 2. The molecule has 0 spiro atoms. The zero-order valence-corrected chi connectivity index (χ0v) is 25.5. The molecule has 44 heavy (non-hydrogen) atoms. The third-order valence-electron chi connectivity index (χ3n) is 7.71. The highest BCUT2D eigenvalue weighted by Crippen LogP contribution is 2.42. The van der Waals surface area contributed by atoms with Crippen molar-refractivity contribution in [2.24, 2.45) is 0 Å². The lowest BCUT2D eigenvalue weighted by molar-refractivity contribution is 0.0981. The number of aryl methyl sites for hydroxylation is 1. The molecular weight excluding hydrogens is 575 g/mol. The molecule has 1 aliphatic rings. The van der Waals surface area contributed by atoms with Gasteiger partial charge in [-0.25, -0.2) is 9.37 Å². The van der Waals surface area contributed by atoms with Crippen molar-refractivity contribution in [2.45, 2.75) is 19.9 Å². The van der Waals surface area contributed by atoms with Crippen LogP contribution in [0.2, 0.25) is 0 Å². The van der Waals surface area contributed by atoms with Crippen molar-refractivity contribution in [3.8, 4) is 16.2 Å². The van der Waals surface area contributed by atoms with Gasteiger partial charge in [-0.3, -0.25) is 9.59 Å². The number of anilines is 3. The number of para-hydroxylation sites is 2. The van der Waals surface area contributed by atoms with E-state index in [0.717, 1.165) is 33.0 Å². The van der Waals surface area contributed by atoms with Crippen LogP contribution < -0.4 is 19.9 Å². The lowest BCUT2D eigenvalue weighted by atomic mass is 10.1. The fourth-order valence-electron chi connectivity index (χ4n) is 5.36. The van der Waals surface area contributed by atoms with E-state index in [1.807, 2.05) is 78.7 Å². The van der Waals surface area contributed by atoms with Crippen molar-refractivity contribution >= 4 is 40.3 Å². The molecule has 7 nitrogen and oxygen atoms in total. The standard InChI is InChI=1S/C35H31FN4O3S/c1-22-8-6-10-27(36)32(22)38-34(41)30-20-24-18-19-40(29-12-5-4-9-26(29)33(24)44-30)35(42)28-11-7-13-31(37-28)39(2)21-23-14-16-25(43-3)17-15-23/h4-17,20H,18-19,21H2,1-3H3,(H,38,41). The lowest BCUT2D eigenvalue weighted by Gasteiger charge is -2.24. The first-order valence-corrected chi connectivity index (χ1v) is 15.1. The van der Waals surface area contributed by atoms with E-state index in [0.29, 0.717) is 41.5 Å². The molecule has 0 fully saturated rings. The lowest BCUT2D eigenvalue weighted by Crippen LogP contribution is -2.33. The molecule has 0 radical (unpaired) electrons. The minimum absolute atomic E-state index is 0.183. The van der Waals surface area contributed by atoms with Gasteiger partial charge in [-0.05, 0) is 72.5 Å². The highest BCUT2D eigenvalue weighted by Gasteiger charge is 2.28. The maximum Gasteiger partial charge on any atom is 0.276 e. The van der Waals surface area contributed by atoms with Crippen LogP contribution in [0.5, 0.6) is 5.75 Å². The van der Waals surface area contributed by atoms with Crippen LogP contribution in [0.15, 0.2) is 91.0 Å². The number of benzene rings is 3. The van der Waals surface area contributed by atoms with Gasteiger partial charge >= 0.3 is 0 Å². The molecule has 5 aromatic rings. The van der Waals surface area contributed by atoms with Gasteiger partial charge in [-0.1, -0.05) is 48.5 Å². The molecule has 0 unspecified atom stereocenters. The van der Waals surface area contributed by atoms with Crippen molar-refractivity contribution in [1.82, 2.24) is 4.98 Å². The summed E-state index contributed by atoms with van der Waals surface area (Å²) in [7, 11) is 3.59. The largest absolute Gasteiger partial charge is 0.497 e. The molecule has 0 saturated heterocycles. The number of amides is 2. The van der Waals surface area contributed by atoms with E-state index in [4.69, 9.17) is 9.72 Å². The van der Waals surface area contributed by atoms with E-state index in [1.165, 1.54) is 17.4 Å². The monoisotopic (exact) mass is 606 g/mol. The number of nitrogens with one attached hydrogen (secondary N) is 1. The van der Waals surface area contributed by atoms with E-state index in [1.54, 1.807) is 37.1 Å². The van der Waals surface area contributed by atoms with E-state index < -0.39 is 5.82 Å². The van der Waals surface area contributed by atoms with Crippen LogP contribution in [0.25, 0.3) is 10.4 Å². The van der Waals surface area contributed by atoms with E-state index >= 15 is 0 Å². The van der Waals surface area contributed by atoms with Crippen molar-refractivity contribution < 1.29 is 18.7 Å². The first-order chi connectivity index (χ1) is 21.3. The van der Waals surface area contributed by atoms with Gasteiger partial charge in [0, 0.05) is 30.6 Å². The molecule has 6 rings (SSSR count). The van der Waals surface area contributed by atoms with Crippen LogP contribution in [0.4, 0.5) is 21.6 Å². The smallest absolute Gasteiger partial charge is 0.276 e. The Bertz CT molecular complexity index is 1830. The Morgan fingerprint density at radius 2 is 1.80 bits per heavy atom. The number of rotatable bonds is 7. The molecule has 2 amide bonds. The Morgan fingerprint density at radius 1 is 1.02 bits per heavy atom. The number of ether oxygens (including phenoxy) is 1. The van der Waals surface area contributed by atoms with E-state index in [-0.39, 0.29) is 17.5 Å². The molecule has 0 aliphatic carbocycles. The summed E-state index contributed by atoms with van der Waals surface area (Å²) in [4.78, 5) is 37.1. The normalized spacial score (nSPS) is 12.1. The maximum atomic E-state index is 14.4. The van der Waals surface area contributed by atoms with Crippen LogP contribution in [0.1, 0.15) is 36.9 Å². The number of hydrogen-bond acceptors (Lipinski definition) is 6. The summed E-state index contributed by atoms with van der Waals surface area (Å²) >= 11 is 1.35. The Morgan fingerprint density at radius 3 is 2.57 bits per heavy atom. The van der Waals surface area contributed by atoms with Crippen LogP contribution in [0.3, 0.4) is 0 Å². The molecule has 1 N–H and O–H groups in total. The summed E-state index contributed by atoms with van der Waals surface area (Å²) in [6.45, 7) is 2.79. The van der Waals surface area contributed by atoms with Gasteiger partial charge < -0.3 is 19.9 Å². The zero-order valence-electron chi connectivity index (χ0n) is 24.6. The van der Waals surface area contributed by atoms with E-state index in [2.05, 4.69) is 5.32 Å². The van der Waals surface area contributed by atoms with Crippen molar-refractivity contribution in [1.29, 1.82) is 0 Å². The first-order valence-electron chi connectivity index (χ1n) is 14.2. The average Bonchev–Trinajstić information content (AvgIpc) is 3.41. The molecule has 1 aliphatic heterocycles. The molecule has 2 aromatic heterocycles. The third-order valence-corrected chi connectivity index (χ3v) is 8.92. The summed E-state index contributed by atoms with van der Waals surface area (Å²) in [6, 6.07) is 27.6. The number of fused-ring (bicyclic) bond motifs is 3. The number of carbonyl (C=O) groups excluding carboxylic acids is 2. The molecule has 0 atom stereocenters. The Balaban J connectivity index is 1.24. The fraction of sp³-hybridized carbons (Fsp3) is 0.171. The number of thiophene rings is 1. The second kappa shape index (κ2) is 12.3. The molecule has 0 saturated carbocycles. The Kier molecular flexibility index (Phi) is 8.13. The number of nitrogens with zero attached hydrogens (tertiary/aromatic N) is 3. The van der Waals surface area contributed by atoms with Crippen molar-refractivity contribution in [2.75, 3.05) is 35.8 Å². The van der Waals surface area contributed by atoms with E-state index in [9.17, 15) is 14.0 Å². The second-order valence-electron chi connectivity index (χ2n) is 10.7. The van der Waals surface area contributed by atoms with Gasteiger partial charge in [0.05, 0.1) is 23.4 Å². The van der Waals surface area contributed by atoms with Crippen molar-refractivity contribution in [3.05, 3.63) is 124 Å². The quantitative estimate of drug-likeness (QED) is 0.210. The predicted molar refractivity (Wildman–Crippen MR) is 174 cm³/mol.